The molecule has 0 aromatic heterocycles. The first-order chi connectivity index (χ1) is 18.6. The predicted molar refractivity (Wildman–Crippen MR) is 170 cm³/mol. The fourth-order valence-corrected chi connectivity index (χ4v) is 5.61. The molecule has 1 unspecified atom stereocenters. The van der Waals surface area contributed by atoms with Crippen LogP contribution in [-0.2, 0) is 9.53 Å². The lowest BCUT2D eigenvalue weighted by atomic mass is 9.95. The molecular weight excluding hydrogens is 464 g/mol. The average molecular weight is 537 g/mol. The zero-order valence-electron chi connectivity index (χ0n) is 27.0. The number of carbonyl (C=O) groups excluding carboxylic acids is 1. The number of rotatable bonds is 31. The van der Waals surface area contributed by atoms with E-state index in [9.17, 15) is 4.79 Å². The highest BCUT2D eigenvalue weighted by atomic mass is 16.5. The molecule has 38 heavy (non-hydrogen) atoms. The molecule has 0 aliphatic heterocycles. The van der Waals surface area contributed by atoms with Crippen molar-refractivity contribution in [1.82, 2.24) is 0 Å². The lowest BCUT2D eigenvalue weighted by Gasteiger charge is -2.17. The molecule has 228 valence electrons. The minimum absolute atomic E-state index is 0.0490. The smallest absolute Gasteiger partial charge is 0.305 e. The molecule has 0 N–H and O–H groups in total. The van der Waals surface area contributed by atoms with Crippen LogP contribution >= 0.6 is 0 Å². The van der Waals surface area contributed by atoms with Gasteiger partial charge in [0.15, 0.2) is 0 Å². The number of carbonyl (C=O) groups is 1. The second kappa shape index (κ2) is 31.0. The van der Waals surface area contributed by atoms with Gasteiger partial charge in [0.1, 0.15) is 0 Å². The van der Waals surface area contributed by atoms with Gasteiger partial charge in [-0.2, -0.15) is 0 Å². The van der Waals surface area contributed by atoms with Crippen LogP contribution in [0.5, 0.6) is 0 Å². The largest absolute Gasteiger partial charge is 0.465 e. The Labute approximate surface area is 241 Å². The monoisotopic (exact) mass is 537 g/mol. The van der Waals surface area contributed by atoms with E-state index in [0.29, 0.717) is 18.9 Å². The van der Waals surface area contributed by atoms with E-state index >= 15 is 0 Å². The highest BCUT2D eigenvalue weighted by Crippen LogP contribution is 2.20. The molecule has 2 heteroatoms. The third-order valence-corrected chi connectivity index (χ3v) is 8.32. The summed E-state index contributed by atoms with van der Waals surface area (Å²) in [6.45, 7) is 9.89. The van der Waals surface area contributed by atoms with Crippen molar-refractivity contribution in [2.24, 2.45) is 11.8 Å². The molecule has 0 aromatic carbocycles. The first-order valence-electron chi connectivity index (χ1n) is 17.8. The predicted octanol–water partition coefficient (Wildman–Crippen LogP) is 12.8. The van der Waals surface area contributed by atoms with Gasteiger partial charge in [0.25, 0.3) is 0 Å². The molecule has 0 bridgehead atoms. The lowest BCUT2D eigenvalue weighted by Crippen LogP contribution is -2.14. The summed E-state index contributed by atoms with van der Waals surface area (Å²) in [5.74, 6) is 1.50. The van der Waals surface area contributed by atoms with Crippen molar-refractivity contribution in [1.29, 1.82) is 0 Å². The normalized spacial score (nSPS) is 12.3. The topological polar surface area (TPSA) is 26.3 Å². The lowest BCUT2D eigenvalue weighted by molar-refractivity contribution is -0.145. The van der Waals surface area contributed by atoms with E-state index in [2.05, 4.69) is 27.7 Å². The Morgan fingerprint density at radius 2 is 0.816 bits per heavy atom. The van der Waals surface area contributed by atoms with Crippen molar-refractivity contribution in [3.05, 3.63) is 0 Å². The Balaban J connectivity index is 3.72. The standard InChI is InChI=1S/C36H72O2/c1-5-7-9-11-12-20-23-27-31-35(30-26-10-8-6-2)33-38-36(37)32-28-24-21-18-16-14-13-15-17-19-22-25-29-34(3)4/h34-35H,5-33H2,1-4H3. The minimum Gasteiger partial charge on any atom is -0.465 e. The SMILES string of the molecule is CCCCCCCCCCC(CCCCCC)COC(=O)CCCCCCCCCCCCCCC(C)C. The number of esters is 1. The van der Waals surface area contributed by atoms with Crippen LogP contribution < -0.4 is 0 Å². The summed E-state index contributed by atoms with van der Waals surface area (Å²) in [5.41, 5.74) is 0. The van der Waals surface area contributed by atoms with E-state index in [-0.39, 0.29) is 5.97 Å². The van der Waals surface area contributed by atoms with Crippen LogP contribution in [-0.4, -0.2) is 12.6 Å². The fourth-order valence-electron chi connectivity index (χ4n) is 5.61. The van der Waals surface area contributed by atoms with Gasteiger partial charge < -0.3 is 4.74 Å². The van der Waals surface area contributed by atoms with Crippen molar-refractivity contribution in [3.63, 3.8) is 0 Å². The van der Waals surface area contributed by atoms with E-state index in [1.54, 1.807) is 0 Å². The van der Waals surface area contributed by atoms with E-state index < -0.39 is 0 Å². The van der Waals surface area contributed by atoms with Gasteiger partial charge in [-0.25, -0.2) is 0 Å². The van der Waals surface area contributed by atoms with E-state index in [0.717, 1.165) is 12.3 Å². The third-order valence-electron chi connectivity index (χ3n) is 8.32. The Morgan fingerprint density at radius 3 is 1.24 bits per heavy atom. The fraction of sp³-hybridized carbons (Fsp3) is 0.972. The molecule has 0 saturated carbocycles. The van der Waals surface area contributed by atoms with Gasteiger partial charge in [0.2, 0.25) is 0 Å². The molecule has 0 spiro atoms. The van der Waals surface area contributed by atoms with Gasteiger partial charge in [-0.15, -0.1) is 0 Å². The number of hydrogen-bond acceptors (Lipinski definition) is 2. The van der Waals surface area contributed by atoms with Gasteiger partial charge in [0, 0.05) is 6.42 Å². The molecule has 0 fully saturated rings. The first kappa shape index (κ1) is 37.5. The Bertz CT molecular complexity index is 458. The summed E-state index contributed by atoms with van der Waals surface area (Å²) >= 11 is 0. The van der Waals surface area contributed by atoms with Crippen molar-refractivity contribution < 1.29 is 9.53 Å². The van der Waals surface area contributed by atoms with Crippen LogP contribution in [0.1, 0.15) is 207 Å². The molecule has 0 aromatic rings. The zero-order valence-corrected chi connectivity index (χ0v) is 27.0. The summed E-state index contributed by atoms with van der Waals surface area (Å²) in [6, 6.07) is 0. The Morgan fingerprint density at radius 1 is 0.474 bits per heavy atom. The van der Waals surface area contributed by atoms with Crippen LogP contribution in [0.25, 0.3) is 0 Å². The van der Waals surface area contributed by atoms with Crippen molar-refractivity contribution in [2.75, 3.05) is 6.61 Å². The number of ether oxygens (including phenoxy) is 1. The van der Waals surface area contributed by atoms with E-state index in [1.165, 1.54) is 167 Å². The summed E-state index contributed by atoms with van der Waals surface area (Å²) in [6.07, 6.45) is 36.8. The van der Waals surface area contributed by atoms with Crippen LogP contribution in [0.2, 0.25) is 0 Å². The summed E-state index contributed by atoms with van der Waals surface area (Å²) in [7, 11) is 0. The van der Waals surface area contributed by atoms with Crippen LogP contribution in [0.15, 0.2) is 0 Å². The summed E-state index contributed by atoms with van der Waals surface area (Å²) in [5, 5.41) is 0. The van der Waals surface area contributed by atoms with E-state index in [4.69, 9.17) is 4.74 Å². The number of hydrogen-bond donors (Lipinski definition) is 0. The molecule has 1 atom stereocenters. The maximum atomic E-state index is 12.3. The zero-order chi connectivity index (χ0) is 27.9. The maximum absolute atomic E-state index is 12.3. The van der Waals surface area contributed by atoms with Gasteiger partial charge in [-0.05, 0) is 31.1 Å². The minimum atomic E-state index is 0.0490. The Kier molecular flexibility index (Phi) is 30.6. The molecule has 0 aliphatic rings. The van der Waals surface area contributed by atoms with Gasteiger partial charge in [-0.1, -0.05) is 182 Å². The second-order valence-corrected chi connectivity index (χ2v) is 12.8. The molecule has 0 saturated heterocycles. The highest BCUT2D eigenvalue weighted by Gasteiger charge is 2.12. The van der Waals surface area contributed by atoms with Crippen molar-refractivity contribution >= 4 is 5.97 Å². The van der Waals surface area contributed by atoms with Gasteiger partial charge in [-0.3, -0.25) is 4.79 Å². The van der Waals surface area contributed by atoms with Crippen LogP contribution in [0, 0.1) is 11.8 Å². The van der Waals surface area contributed by atoms with Gasteiger partial charge in [0.05, 0.1) is 6.61 Å². The second-order valence-electron chi connectivity index (χ2n) is 12.8. The molecule has 0 amide bonds. The quantitative estimate of drug-likeness (QED) is 0.0650. The highest BCUT2D eigenvalue weighted by molar-refractivity contribution is 5.69. The summed E-state index contributed by atoms with van der Waals surface area (Å²) in [4.78, 5) is 12.3. The summed E-state index contributed by atoms with van der Waals surface area (Å²) < 4.78 is 5.76. The van der Waals surface area contributed by atoms with Crippen molar-refractivity contribution in [3.8, 4) is 0 Å². The molecule has 2 nitrogen and oxygen atoms in total. The molecule has 0 heterocycles. The van der Waals surface area contributed by atoms with Gasteiger partial charge >= 0.3 is 5.97 Å². The number of unbranched alkanes of at least 4 members (excludes halogenated alkanes) is 21. The molecule has 0 aliphatic carbocycles. The molecule has 0 radical (unpaired) electrons. The van der Waals surface area contributed by atoms with Crippen LogP contribution in [0.4, 0.5) is 0 Å². The third kappa shape index (κ3) is 30.0. The molecule has 0 rings (SSSR count). The maximum Gasteiger partial charge on any atom is 0.305 e. The first-order valence-corrected chi connectivity index (χ1v) is 17.8. The van der Waals surface area contributed by atoms with Crippen molar-refractivity contribution in [2.45, 2.75) is 207 Å². The average Bonchev–Trinajstić information content (AvgIpc) is 2.90. The Hall–Kier alpha value is -0.530. The van der Waals surface area contributed by atoms with Crippen LogP contribution in [0.3, 0.4) is 0 Å². The van der Waals surface area contributed by atoms with E-state index in [1.807, 2.05) is 0 Å². The molecular formula is C36H72O2.